The fourth-order valence-corrected chi connectivity index (χ4v) is 3.09. The Morgan fingerprint density at radius 2 is 2.22 bits per heavy atom. The highest BCUT2D eigenvalue weighted by atomic mass is 19.1. The molecule has 0 unspecified atom stereocenters. The van der Waals surface area contributed by atoms with Gasteiger partial charge in [-0.1, -0.05) is 17.3 Å². The molecule has 0 aliphatic carbocycles. The van der Waals surface area contributed by atoms with Gasteiger partial charge in [0.25, 0.3) is 0 Å². The van der Waals surface area contributed by atoms with Crippen molar-refractivity contribution in [1.29, 1.82) is 0 Å². The summed E-state index contributed by atoms with van der Waals surface area (Å²) in [5.74, 6) is 0.753. The van der Waals surface area contributed by atoms with Gasteiger partial charge in [0.05, 0.1) is 11.6 Å². The normalized spacial score (nSPS) is 19.2. The van der Waals surface area contributed by atoms with Gasteiger partial charge in [0.2, 0.25) is 0 Å². The van der Waals surface area contributed by atoms with Gasteiger partial charge in [-0.2, -0.15) is 0 Å². The summed E-state index contributed by atoms with van der Waals surface area (Å²) >= 11 is 0. The van der Waals surface area contributed by atoms with Gasteiger partial charge in [0, 0.05) is 32.1 Å². The van der Waals surface area contributed by atoms with Crippen molar-refractivity contribution < 1.29 is 18.4 Å². The van der Waals surface area contributed by atoms with Crippen LogP contribution < -0.4 is 10.6 Å². The van der Waals surface area contributed by atoms with Gasteiger partial charge in [-0.25, -0.2) is 14.2 Å². The molecule has 2 N–H and O–H groups in total. The molecular formula is C18H18FN5O3. The molecule has 3 heterocycles. The van der Waals surface area contributed by atoms with Crippen LogP contribution in [0.15, 0.2) is 47.2 Å². The van der Waals surface area contributed by atoms with E-state index in [9.17, 15) is 9.18 Å². The number of benzene rings is 1. The van der Waals surface area contributed by atoms with Crippen LogP contribution in [0.25, 0.3) is 11.3 Å². The van der Waals surface area contributed by atoms with Crippen LogP contribution in [0, 0.1) is 5.82 Å². The van der Waals surface area contributed by atoms with Gasteiger partial charge in [-0.05, 0) is 18.6 Å². The van der Waals surface area contributed by atoms with E-state index in [2.05, 4.69) is 20.8 Å². The van der Waals surface area contributed by atoms with Crippen LogP contribution in [0.3, 0.4) is 0 Å². The Labute approximate surface area is 154 Å². The summed E-state index contributed by atoms with van der Waals surface area (Å²) in [7, 11) is 1.88. The molecule has 27 heavy (non-hydrogen) atoms. The Balaban J connectivity index is 1.41. The molecule has 2 aromatic heterocycles. The van der Waals surface area contributed by atoms with E-state index in [4.69, 9.17) is 9.26 Å². The van der Waals surface area contributed by atoms with Crippen molar-refractivity contribution in [2.45, 2.75) is 18.6 Å². The Morgan fingerprint density at radius 3 is 3.00 bits per heavy atom. The number of nitrogens with zero attached hydrogens (tertiary/aromatic N) is 3. The molecule has 0 spiro atoms. The predicted molar refractivity (Wildman–Crippen MR) is 94.4 cm³/mol. The molecule has 140 valence electrons. The SMILES string of the molecule is Cn1ccnc1[C@@H]1OCC[C@H]1NC(=O)Nc1cc(-c2ccccc2F)on1. The lowest BCUT2D eigenvalue weighted by atomic mass is 10.1. The third-order valence-corrected chi connectivity index (χ3v) is 4.41. The summed E-state index contributed by atoms with van der Waals surface area (Å²) in [4.78, 5) is 16.6. The van der Waals surface area contributed by atoms with Crippen LogP contribution in [0.5, 0.6) is 0 Å². The lowest BCUT2D eigenvalue weighted by Gasteiger charge is -2.19. The molecule has 2 amide bonds. The van der Waals surface area contributed by atoms with Crippen molar-refractivity contribution in [3.63, 3.8) is 0 Å². The second kappa shape index (κ2) is 7.20. The number of halogens is 1. The second-order valence-electron chi connectivity index (χ2n) is 6.24. The first-order chi connectivity index (χ1) is 13.1. The average molecular weight is 371 g/mol. The molecule has 1 aromatic carbocycles. The number of urea groups is 1. The molecule has 8 nitrogen and oxygen atoms in total. The van der Waals surface area contributed by atoms with Crippen LogP contribution in [0.4, 0.5) is 15.0 Å². The summed E-state index contributed by atoms with van der Waals surface area (Å²) < 4.78 is 26.5. The monoisotopic (exact) mass is 371 g/mol. The highest BCUT2D eigenvalue weighted by molar-refractivity contribution is 5.89. The second-order valence-corrected chi connectivity index (χ2v) is 6.24. The average Bonchev–Trinajstić information content (AvgIpc) is 3.37. The van der Waals surface area contributed by atoms with Crippen molar-refractivity contribution in [2.24, 2.45) is 7.05 Å². The van der Waals surface area contributed by atoms with Gasteiger partial charge in [0.1, 0.15) is 17.7 Å². The van der Waals surface area contributed by atoms with E-state index in [0.29, 0.717) is 13.0 Å². The summed E-state index contributed by atoms with van der Waals surface area (Å²) in [6.07, 6.45) is 3.87. The first-order valence-corrected chi connectivity index (χ1v) is 8.50. The largest absolute Gasteiger partial charge is 0.368 e. The molecule has 3 aromatic rings. The summed E-state index contributed by atoms with van der Waals surface area (Å²) in [5.41, 5.74) is 0.275. The minimum Gasteiger partial charge on any atom is -0.368 e. The molecule has 1 saturated heterocycles. The Hall–Kier alpha value is -3.20. The number of imidazole rings is 1. The topological polar surface area (TPSA) is 94.2 Å². The highest BCUT2D eigenvalue weighted by Crippen LogP contribution is 2.28. The number of anilines is 1. The number of hydrogen-bond acceptors (Lipinski definition) is 5. The van der Waals surface area contributed by atoms with Gasteiger partial charge in [0.15, 0.2) is 11.6 Å². The Kier molecular flexibility index (Phi) is 4.59. The van der Waals surface area contributed by atoms with Crippen LogP contribution in [-0.4, -0.2) is 33.4 Å². The van der Waals surface area contributed by atoms with Gasteiger partial charge in [-0.3, -0.25) is 5.32 Å². The fourth-order valence-electron chi connectivity index (χ4n) is 3.09. The molecular weight excluding hydrogens is 353 g/mol. The minimum atomic E-state index is -0.446. The zero-order valence-corrected chi connectivity index (χ0v) is 14.6. The lowest BCUT2D eigenvalue weighted by molar-refractivity contribution is 0.0913. The molecule has 2 atom stereocenters. The van der Waals surface area contributed by atoms with Crippen LogP contribution in [0.2, 0.25) is 0 Å². The molecule has 1 fully saturated rings. The number of aryl methyl sites for hydroxylation is 1. The quantitative estimate of drug-likeness (QED) is 0.735. The van der Waals surface area contributed by atoms with Crippen molar-refractivity contribution in [3.8, 4) is 11.3 Å². The number of ether oxygens (including phenoxy) is 1. The molecule has 0 bridgehead atoms. The smallest absolute Gasteiger partial charge is 0.320 e. The molecule has 1 aliphatic heterocycles. The number of aromatic nitrogens is 3. The van der Waals surface area contributed by atoms with E-state index in [1.165, 1.54) is 12.1 Å². The van der Waals surface area contributed by atoms with E-state index >= 15 is 0 Å². The summed E-state index contributed by atoms with van der Waals surface area (Å²) in [6, 6.07) is 6.99. The molecule has 9 heteroatoms. The number of carbonyl (C=O) groups excluding carboxylic acids is 1. The third-order valence-electron chi connectivity index (χ3n) is 4.41. The first-order valence-electron chi connectivity index (χ1n) is 8.50. The van der Waals surface area contributed by atoms with Crippen molar-refractivity contribution in [3.05, 3.63) is 54.4 Å². The van der Waals surface area contributed by atoms with E-state index in [1.54, 1.807) is 24.4 Å². The maximum absolute atomic E-state index is 13.8. The van der Waals surface area contributed by atoms with Crippen LogP contribution in [-0.2, 0) is 11.8 Å². The summed E-state index contributed by atoms with van der Waals surface area (Å²) in [5, 5.41) is 9.24. The van der Waals surface area contributed by atoms with Gasteiger partial charge in [-0.15, -0.1) is 0 Å². The highest BCUT2D eigenvalue weighted by Gasteiger charge is 2.33. The zero-order valence-electron chi connectivity index (χ0n) is 14.6. The van der Waals surface area contributed by atoms with Gasteiger partial charge >= 0.3 is 6.03 Å². The maximum atomic E-state index is 13.8. The maximum Gasteiger partial charge on any atom is 0.320 e. The van der Waals surface area contributed by atoms with Gasteiger partial charge < -0.3 is 19.1 Å². The Bertz CT molecular complexity index is 954. The van der Waals surface area contributed by atoms with E-state index in [0.717, 1.165) is 5.82 Å². The van der Waals surface area contributed by atoms with Crippen LogP contribution in [0.1, 0.15) is 18.3 Å². The van der Waals surface area contributed by atoms with Crippen LogP contribution >= 0.6 is 0 Å². The number of carbonyl (C=O) groups is 1. The van der Waals surface area contributed by atoms with E-state index < -0.39 is 11.8 Å². The number of rotatable bonds is 4. The third kappa shape index (κ3) is 3.54. The van der Waals surface area contributed by atoms with Crippen molar-refractivity contribution in [2.75, 3.05) is 11.9 Å². The van der Waals surface area contributed by atoms with E-state index in [-0.39, 0.29) is 29.3 Å². The molecule has 4 rings (SSSR count). The summed E-state index contributed by atoms with van der Waals surface area (Å²) in [6.45, 7) is 0.532. The van der Waals surface area contributed by atoms with E-state index in [1.807, 2.05) is 17.8 Å². The number of hydrogen-bond donors (Lipinski definition) is 2. The molecule has 0 radical (unpaired) electrons. The lowest BCUT2D eigenvalue weighted by Crippen LogP contribution is -2.40. The minimum absolute atomic E-state index is 0.193. The Morgan fingerprint density at radius 1 is 1.37 bits per heavy atom. The van der Waals surface area contributed by atoms with Crippen molar-refractivity contribution in [1.82, 2.24) is 20.0 Å². The first kappa shape index (κ1) is 17.2. The number of nitrogens with one attached hydrogen (secondary N) is 2. The molecule has 0 saturated carbocycles. The zero-order chi connectivity index (χ0) is 18.8. The predicted octanol–water partition coefficient (Wildman–Crippen LogP) is 2.87. The fraction of sp³-hybridized carbons (Fsp3) is 0.278. The van der Waals surface area contributed by atoms with Crippen molar-refractivity contribution >= 4 is 11.8 Å². The number of amides is 2. The molecule has 1 aliphatic rings. The standard InChI is InChI=1S/C18H18FN5O3/c1-24-8-7-20-17(24)16-13(6-9-26-16)21-18(25)22-15-10-14(27-23-15)11-4-2-3-5-12(11)19/h2-5,7-8,10,13,16H,6,9H2,1H3,(H2,21,22,23,25)/t13-,16-/m1/s1.